The molecule has 0 amide bonds. The van der Waals surface area contributed by atoms with Gasteiger partial charge < -0.3 is 9.47 Å². The molecule has 21 heavy (non-hydrogen) atoms. The van der Waals surface area contributed by atoms with E-state index in [1.54, 1.807) is 12.1 Å². The minimum absolute atomic E-state index is 0.00291. The van der Waals surface area contributed by atoms with Crippen molar-refractivity contribution in [1.82, 2.24) is 4.98 Å². The first-order valence-electron chi connectivity index (χ1n) is 5.87. The Labute approximate surface area is 124 Å². The van der Waals surface area contributed by atoms with Crippen LogP contribution >= 0.6 is 11.6 Å². The summed E-state index contributed by atoms with van der Waals surface area (Å²) >= 11 is 5.64. The van der Waals surface area contributed by atoms with E-state index in [0.29, 0.717) is 10.7 Å². The van der Waals surface area contributed by atoms with Crippen molar-refractivity contribution in [2.75, 3.05) is 0 Å². The summed E-state index contributed by atoms with van der Waals surface area (Å²) in [6, 6.07) is 8.63. The Kier molecular flexibility index (Phi) is 5.05. The molecule has 1 aromatic heterocycles. The van der Waals surface area contributed by atoms with Gasteiger partial charge in [0.15, 0.2) is 0 Å². The number of esters is 1. The monoisotopic (exact) mass is 313 g/mol. The molecule has 7 heteroatoms. The molecule has 4 nitrogen and oxygen atoms in total. The molecule has 0 aliphatic heterocycles. The van der Waals surface area contributed by atoms with Gasteiger partial charge in [-0.3, -0.25) is 0 Å². The number of alkyl halides is 2. The summed E-state index contributed by atoms with van der Waals surface area (Å²) < 4.78 is 33.5. The van der Waals surface area contributed by atoms with Crippen LogP contribution in [0.1, 0.15) is 15.9 Å². The molecule has 0 unspecified atom stereocenters. The third-order valence-electron chi connectivity index (χ3n) is 2.45. The summed E-state index contributed by atoms with van der Waals surface area (Å²) in [5, 5.41) is 0.335. The maximum Gasteiger partial charge on any atom is 0.387 e. The number of hydrogen-bond acceptors (Lipinski definition) is 4. The van der Waals surface area contributed by atoms with E-state index in [1.807, 2.05) is 0 Å². The van der Waals surface area contributed by atoms with Crippen LogP contribution in [0.3, 0.4) is 0 Å². The number of hydrogen-bond donors (Lipinski definition) is 0. The van der Waals surface area contributed by atoms with Crippen LogP contribution in [0, 0.1) is 0 Å². The number of benzene rings is 1. The Morgan fingerprint density at radius 3 is 2.76 bits per heavy atom. The van der Waals surface area contributed by atoms with E-state index in [1.165, 1.54) is 30.5 Å². The van der Waals surface area contributed by atoms with Crippen molar-refractivity contribution >= 4 is 17.6 Å². The van der Waals surface area contributed by atoms with Gasteiger partial charge in [0.2, 0.25) is 0 Å². The maximum atomic E-state index is 12.1. The number of aromatic nitrogens is 1. The number of halogens is 3. The van der Waals surface area contributed by atoms with E-state index in [-0.39, 0.29) is 17.9 Å². The molecule has 0 aliphatic rings. The van der Waals surface area contributed by atoms with E-state index >= 15 is 0 Å². The summed E-state index contributed by atoms with van der Waals surface area (Å²) in [6.07, 6.45) is 1.48. The first-order chi connectivity index (χ1) is 10.0. The van der Waals surface area contributed by atoms with Gasteiger partial charge in [-0.05, 0) is 24.3 Å². The standard InChI is InChI=1S/C14H10ClF2NO3/c15-12-5-4-9(7-18-12)8-20-13(19)10-2-1-3-11(6-10)21-14(16)17/h1-7,14H,8H2. The molecular weight excluding hydrogens is 304 g/mol. The highest BCUT2D eigenvalue weighted by Gasteiger charge is 2.11. The molecule has 2 rings (SSSR count). The SMILES string of the molecule is O=C(OCc1ccc(Cl)nc1)c1cccc(OC(F)F)c1. The Bertz CT molecular complexity index is 620. The molecule has 0 bridgehead atoms. The van der Waals surface area contributed by atoms with Crippen molar-refractivity contribution in [1.29, 1.82) is 0 Å². The van der Waals surface area contributed by atoms with Gasteiger partial charge in [-0.2, -0.15) is 8.78 Å². The largest absolute Gasteiger partial charge is 0.457 e. The van der Waals surface area contributed by atoms with Crippen molar-refractivity contribution in [3.8, 4) is 5.75 Å². The fourth-order valence-electron chi connectivity index (χ4n) is 1.52. The van der Waals surface area contributed by atoms with Crippen LogP contribution in [0.15, 0.2) is 42.6 Å². The zero-order chi connectivity index (χ0) is 15.2. The second-order valence-electron chi connectivity index (χ2n) is 3.97. The number of ether oxygens (including phenoxy) is 2. The predicted molar refractivity (Wildman–Crippen MR) is 71.4 cm³/mol. The van der Waals surface area contributed by atoms with Crippen molar-refractivity contribution < 1.29 is 23.0 Å². The smallest absolute Gasteiger partial charge is 0.387 e. The third-order valence-corrected chi connectivity index (χ3v) is 2.68. The Balaban J connectivity index is 1.98. The summed E-state index contributed by atoms with van der Waals surface area (Å²) in [6.45, 7) is -2.94. The Morgan fingerprint density at radius 1 is 1.29 bits per heavy atom. The average Bonchev–Trinajstić information content (AvgIpc) is 2.46. The highest BCUT2D eigenvalue weighted by atomic mass is 35.5. The van der Waals surface area contributed by atoms with Crippen LogP contribution < -0.4 is 4.74 Å². The lowest BCUT2D eigenvalue weighted by Crippen LogP contribution is -2.07. The lowest BCUT2D eigenvalue weighted by atomic mass is 10.2. The first-order valence-corrected chi connectivity index (χ1v) is 6.25. The highest BCUT2D eigenvalue weighted by molar-refractivity contribution is 6.29. The molecule has 0 radical (unpaired) electrons. The number of carbonyl (C=O) groups excluding carboxylic acids is 1. The van der Waals surface area contributed by atoms with Gasteiger partial charge in [0, 0.05) is 11.8 Å². The number of nitrogens with zero attached hydrogens (tertiary/aromatic N) is 1. The van der Waals surface area contributed by atoms with Crippen LogP contribution in [-0.4, -0.2) is 17.6 Å². The molecule has 0 spiro atoms. The molecule has 0 saturated heterocycles. The van der Waals surface area contributed by atoms with Crippen LogP contribution in [-0.2, 0) is 11.3 Å². The third kappa shape index (κ3) is 4.68. The Morgan fingerprint density at radius 2 is 2.10 bits per heavy atom. The second kappa shape index (κ2) is 6.99. The van der Waals surface area contributed by atoms with Gasteiger partial charge in [-0.15, -0.1) is 0 Å². The van der Waals surface area contributed by atoms with Gasteiger partial charge in [0.25, 0.3) is 0 Å². The van der Waals surface area contributed by atoms with Crippen LogP contribution in [0.4, 0.5) is 8.78 Å². The molecule has 1 heterocycles. The summed E-state index contributed by atoms with van der Waals surface area (Å²) in [4.78, 5) is 15.7. The molecule has 0 N–H and O–H groups in total. The van der Waals surface area contributed by atoms with Crippen LogP contribution in [0.25, 0.3) is 0 Å². The zero-order valence-electron chi connectivity index (χ0n) is 10.6. The summed E-state index contributed by atoms with van der Waals surface area (Å²) in [5.74, 6) is -0.753. The van der Waals surface area contributed by atoms with Gasteiger partial charge in [-0.25, -0.2) is 9.78 Å². The number of rotatable bonds is 5. The fourth-order valence-corrected chi connectivity index (χ4v) is 1.64. The molecule has 1 aromatic carbocycles. The molecular formula is C14H10ClF2NO3. The first kappa shape index (κ1) is 15.2. The molecule has 0 saturated carbocycles. The summed E-state index contributed by atoms with van der Waals surface area (Å²) in [7, 11) is 0. The molecule has 0 atom stereocenters. The van der Waals surface area contributed by atoms with E-state index in [2.05, 4.69) is 9.72 Å². The quantitative estimate of drug-likeness (QED) is 0.624. The predicted octanol–water partition coefficient (Wildman–Crippen LogP) is 3.69. The van der Waals surface area contributed by atoms with E-state index in [0.717, 1.165) is 0 Å². The maximum absolute atomic E-state index is 12.1. The van der Waals surface area contributed by atoms with Gasteiger partial charge >= 0.3 is 12.6 Å². The summed E-state index contributed by atoms with van der Waals surface area (Å²) in [5.41, 5.74) is 0.780. The van der Waals surface area contributed by atoms with E-state index in [9.17, 15) is 13.6 Å². The lowest BCUT2D eigenvalue weighted by molar-refractivity contribution is -0.0499. The number of pyridine rings is 1. The normalized spacial score (nSPS) is 10.5. The highest BCUT2D eigenvalue weighted by Crippen LogP contribution is 2.17. The Hall–Kier alpha value is -2.21. The minimum Gasteiger partial charge on any atom is -0.457 e. The van der Waals surface area contributed by atoms with Crippen LogP contribution in [0.2, 0.25) is 5.15 Å². The van der Waals surface area contributed by atoms with Crippen molar-refractivity contribution in [3.05, 3.63) is 58.9 Å². The van der Waals surface area contributed by atoms with E-state index < -0.39 is 12.6 Å². The molecule has 2 aromatic rings. The molecule has 110 valence electrons. The van der Waals surface area contributed by atoms with Crippen molar-refractivity contribution in [2.45, 2.75) is 13.2 Å². The van der Waals surface area contributed by atoms with Gasteiger partial charge in [0.1, 0.15) is 17.5 Å². The van der Waals surface area contributed by atoms with Crippen molar-refractivity contribution in [2.24, 2.45) is 0 Å². The fraction of sp³-hybridized carbons (Fsp3) is 0.143. The molecule has 0 aliphatic carbocycles. The minimum atomic E-state index is -2.95. The van der Waals surface area contributed by atoms with Gasteiger partial charge in [-0.1, -0.05) is 23.7 Å². The molecule has 0 fully saturated rings. The topological polar surface area (TPSA) is 48.4 Å². The number of carbonyl (C=O) groups is 1. The second-order valence-corrected chi connectivity index (χ2v) is 4.36. The lowest BCUT2D eigenvalue weighted by Gasteiger charge is -2.07. The van der Waals surface area contributed by atoms with Gasteiger partial charge in [0.05, 0.1) is 5.56 Å². The van der Waals surface area contributed by atoms with E-state index in [4.69, 9.17) is 16.3 Å². The van der Waals surface area contributed by atoms with Crippen LogP contribution in [0.5, 0.6) is 5.75 Å². The van der Waals surface area contributed by atoms with Crippen molar-refractivity contribution in [3.63, 3.8) is 0 Å². The average molecular weight is 314 g/mol. The zero-order valence-corrected chi connectivity index (χ0v) is 11.4.